The summed E-state index contributed by atoms with van der Waals surface area (Å²) in [5.41, 5.74) is 1.92. The van der Waals surface area contributed by atoms with Crippen molar-refractivity contribution in [2.24, 2.45) is 7.05 Å². The Labute approximate surface area is 146 Å². The number of carbonyl (C=O) groups is 1. The fraction of sp³-hybridized carbons (Fsp3) is 0.444. The van der Waals surface area contributed by atoms with Crippen LogP contribution in [-0.2, 0) is 7.05 Å². The largest absolute Gasteiger partial charge is 0.490 e. The third-order valence-corrected chi connectivity index (χ3v) is 4.51. The van der Waals surface area contributed by atoms with Crippen molar-refractivity contribution in [1.82, 2.24) is 19.4 Å². The summed E-state index contributed by atoms with van der Waals surface area (Å²) >= 11 is 0. The molecule has 0 aliphatic carbocycles. The lowest BCUT2D eigenvalue weighted by Crippen LogP contribution is -2.42. The van der Waals surface area contributed by atoms with Gasteiger partial charge in [0.15, 0.2) is 0 Å². The molecule has 2 aromatic heterocycles. The summed E-state index contributed by atoms with van der Waals surface area (Å²) in [5.74, 6) is 0.491. The van der Waals surface area contributed by atoms with Gasteiger partial charge in [-0.15, -0.1) is 0 Å². The van der Waals surface area contributed by atoms with Gasteiger partial charge < -0.3 is 14.2 Å². The number of likely N-dealkylation sites (tertiary alicyclic amines) is 1. The smallest absolute Gasteiger partial charge is 0.274 e. The van der Waals surface area contributed by atoms with E-state index < -0.39 is 0 Å². The second-order valence-corrected chi connectivity index (χ2v) is 6.38. The first-order valence-electron chi connectivity index (χ1n) is 8.36. The van der Waals surface area contributed by atoms with Gasteiger partial charge in [-0.1, -0.05) is 0 Å². The molecule has 25 heavy (non-hydrogen) atoms. The zero-order valence-corrected chi connectivity index (χ0v) is 14.7. The van der Waals surface area contributed by atoms with E-state index >= 15 is 0 Å². The average molecular weight is 342 g/mol. The predicted molar refractivity (Wildman–Crippen MR) is 92.7 cm³/mol. The van der Waals surface area contributed by atoms with E-state index in [1.54, 1.807) is 22.7 Å². The maximum absolute atomic E-state index is 12.4. The molecule has 1 fully saturated rings. The van der Waals surface area contributed by atoms with E-state index in [0.29, 0.717) is 24.5 Å². The molecule has 1 aliphatic rings. The first-order chi connectivity index (χ1) is 11.9. The van der Waals surface area contributed by atoms with Crippen LogP contribution < -0.4 is 10.3 Å². The van der Waals surface area contributed by atoms with Gasteiger partial charge in [0.2, 0.25) is 0 Å². The molecule has 1 saturated heterocycles. The van der Waals surface area contributed by atoms with Gasteiger partial charge in [-0.05, 0) is 19.9 Å². The second kappa shape index (κ2) is 7.04. The highest BCUT2D eigenvalue weighted by Gasteiger charge is 2.25. The maximum atomic E-state index is 12.4. The van der Waals surface area contributed by atoms with E-state index in [2.05, 4.69) is 9.97 Å². The number of hydrogen-bond acceptors (Lipinski definition) is 5. The highest BCUT2D eigenvalue weighted by molar-refractivity contribution is 5.92. The molecule has 0 N–H and O–H groups in total. The number of nitrogens with zero attached hydrogens (tertiary/aromatic N) is 4. The molecule has 2 aromatic rings. The third kappa shape index (κ3) is 3.87. The number of hydrogen-bond donors (Lipinski definition) is 0. The van der Waals surface area contributed by atoms with Gasteiger partial charge in [0.25, 0.3) is 11.5 Å². The van der Waals surface area contributed by atoms with Crippen LogP contribution in [0.1, 0.15) is 34.7 Å². The lowest BCUT2D eigenvalue weighted by molar-refractivity contribution is 0.0589. The normalized spacial score (nSPS) is 15.2. The zero-order chi connectivity index (χ0) is 18.0. The Balaban J connectivity index is 1.59. The van der Waals surface area contributed by atoms with E-state index in [1.165, 1.54) is 12.3 Å². The van der Waals surface area contributed by atoms with Gasteiger partial charge in [-0.2, -0.15) is 0 Å². The summed E-state index contributed by atoms with van der Waals surface area (Å²) in [5, 5.41) is 0. The zero-order valence-electron chi connectivity index (χ0n) is 14.7. The molecule has 0 saturated carbocycles. The lowest BCUT2D eigenvalue weighted by atomic mass is 10.1. The molecule has 0 bridgehead atoms. The Morgan fingerprint density at radius 1 is 1.16 bits per heavy atom. The minimum atomic E-state index is -0.102. The minimum Gasteiger partial charge on any atom is -0.490 e. The molecule has 0 aromatic carbocycles. The molecule has 0 atom stereocenters. The topological polar surface area (TPSA) is 77.3 Å². The number of piperidine rings is 1. The molecule has 0 radical (unpaired) electrons. The molecule has 1 amide bonds. The van der Waals surface area contributed by atoms with Crippen LogP contribution in [0.5, 0.6) is 5.75 Å². The summed E-state index contributed by atoms with van der Waals surface area (Å²) in [7, 11) is 1.74. The fourth-order valence-corrected chi connectivity index (χ4v) is 2.84. The van der Waals surface area contributed by atoms with E-state index in [4.69, 9.17) is 4.74 Å². The monoisotopic (exact) mass is 342 g/mol. The molecule has 0 unspecified atom stereocenters. The van der Waals surface area contributed by atoms with Crippen molar-refractivity contribution in [2.75, 3.05) is 13.1 Å². The first-order valence-corrected chi connectivity index (χ1v) is 8.36. The summed E-state index contributed by atoms with van der Waals surface area (Å²) in [6.07, 6.45) is 4.56. The van der Waals surface area contributed by atoms with Gasteiger partial charge in [-0.3, -0.25) is 14.6 Å². The van der Waals surface area contributed by atoms with Crippen LogP contribution in [0.4, 0.5) is 0 Å². The molecule has 3 heterocycles. The lowest BCUT2D eigenvalue weighted by Gasteiger charge is -2.32. The number of rotatable bonds is 3. The number of ether oxygens (including phenoxy) is 1. The number of amides is 1. The summed E-state index contributed by atoms with van der Waals surface area (Å²) in [4.78, 5) is 34.3. The standard InChI is InChI=1S/C18H22N4O3/c1-12-10-20-16(11-19-12)18(24)22-6-4-14(5-7-22)25-15-8-13(2)21(3)17(23)9-15/h8-11,14H,4-7H2,1-3H3. The molecule has 1 aliphatic heterocycles. The van der Waals surface area contributed by atoms with Crippen molar-refractivity contribution < 1.29 is 9.53 Å². The van der Waals surface area contributed by atoms with Gasteiger partial charge in [0.1, 0.15) is 17.5 Å². The van der Waals surface area contributed by atoms with Crippen LogP contribution in [0.2, 0.25) is 0 Å². The van der Waals surface area contributed by atoms with Crippen molar-refractivity contribution in [3.8, 4) is 5.75 Å². The van der Waals surface area contributed by atoms with Crippen LogP contribution in [0, 0.1) is 13.8 Å². The molecular weight excluding hydrogens is 320 g/mol. The Kier molecular flexibility index (Phi) is 4.83. The number of aryl methyl sites for hydroxylation is 2. The quantitative estimate of drug-likeness (QED) is 0.844. The SMILES string of the molecule is Cc1cnc(C(=O)N2CCC(Oc3cc(C)n(C)c(=O)c3)CC2)cn1. The number of carbonyl (C=O) groups excluding carboxylic acids is 1. The van der Waals surface area contributed by atoms with E-state index in [0.717, 1.165) is 24.2 Å². The second-order valence-electron chi connectivity index (χ2n) is 6.38. The Hall–Kier alpha value is -2.70. The molecule has 7 heteroatoms. The van der Waals surface area contributed by atoms with E-state index in [9.17, 15) is 9.59 Å². The predicted octanol–water partition coefficient (Wildman–Crippen LogP) is 1.48. The number of pyridine rings is 1. The van der Waals surface area contributed by atoms with Gasteiger partial charge in [0, 0.05) is 50.9 Å². The van der Waals surface area contributed by atoms with Crippen LogP contribution in [-0.4, -0.2) is 44.5 Å². The summed E-state index contributed by atoms with van der Waals surface area (Å²) in [6, 6.07) is 3.37. The van der Waals surface area contributed by atoms with Crippen molar-refractivity contribution in [1.29, 1.82) is 0 Å². The Bertz CT molecular complexity index is 821. The maximum Gasteiger partial charge on any atom is 0.274 e. The van der Waals surface area contributed by atoms with Crippen molar-refractivity contribution in [3.63, 3.8) is 0 Å². The number of aromatic nitrogens is 3. The fourth-order valence-electron chi connectivity index (χ4n) is 2.84. The van der Waals surface area contributed by atoms with E-state index in [1.807, 2.05) is 19.9 Å². The van der Waals surface area contributed by atoms with Crippen LogP contribution in [0.3, 0.4) is 0 Å². The van der Waals surface area contributed by atoms with Gasteiger partial charge in [0.05, 0.1) is 11.9 Å². The molecule has 0 spiro atoms. The Morgan fingerprint density at radius 3 is 2.48 bits per heavy atom. The molecule has 7 nitrogen and oxygen atoms in total. The third-order valence-electron chi connectivity index (χ3n) is 4.51. The molecule has 3 rings (SSSR count). The Morgan fingerprint density at radius 2 is 1.88 bits per heavy atom. The molecular formula is C18H22N4O3. The summed E-state index contributed by atoms with van der Waals surface area (Å²) < 4.78 is 7.52. The van der Waals surface area contributed by atoms with E-state index in [-0.39, 0.29) is 17.6 Å². The average Bonchev–Trinajstić information content (AvgIpc) is 2.60. The highest BCUT2D eigenvalue weighted by atomic mass is 16.5. The summed E-state index contributed by atoms with van der Waals surface area (Å²) in [6.45, 7) is 4.91. The molecule has 132 valence electrons. The van der Waals surface area contributed by atoms with Crippen LogP contribution in [0.15, 0.2) is 29.3 Å². The highest BCUT2D eigenvalue weighted by Crippen LogP contribution is 2.19. The van der Waals surface area contributed by atoms with Gasteiger partial charge in [-0.25, -0.2) is 4.98 Å². The van der Waals surface area contributed by atoms with Crippen molar-refractivity contribution in [2.45, 2.75) is 32.8 Å². The van der Waals surface area contributed by atoms with Crippen LogP contribution in [0.25, 0.3) is 0 Å². The van der Waals surface area contributed by atoms with Crippen LogP contribution >= 0.6 is 0 Å². The van der Waals surface area contributed by atoms with Crippen molar-refractivity contribution >= 4 is 5.91 Å². The van der Waals surface area contributed by atoms with Crippen molar-refractivity contribution in [3.05, 3.63) is 52.0 Å². The minimum absolute atomic E-state index is 0.000317. The van der Waals surface area contributed by atoms with Gasteiger partial charge >= 0.3 is 0 Å². The first kappa shape index (κ1) is 17.1.